The molecule has 26 heavy (non-hydrogen) atoms. The summed E-state index contributed by atoms with van der Waals surface area (Å²) < 4.78 is 10.3. The summed E-state index contributed by atoms with van der Waals surface area (Å²) in [6.45, 7) is 3.15. The van der Waals surface area contributed by atoms with Crippen molar-refractivity contribution in [2.45, 2.75) is 0 Å². The standard InChI is InChI=1S/C18H19N3O5/c1-25-17-11-13(10-16(18(17)22)21(23)24)12-19-14-2-4-15(5-3-14)20-6-8-26-9-7-20/h2-5,10-12,22H,6-9H2,1H3/p-1. The van der Waals surface area contributed by atoms with Crippen LogP contribution in [0.2, 0.25) is 0 Å². The molecule has 1 saturated heterocycles. The van der Waals surface area contributed by atoms with Crippen LogP contribution in [0.5, 0.6) is 11.5 Å². The minimum atomic E-state index is -0.746. The quantitative estimate of drug-likeness (QED) is 0.463. The lowest BCUT2D eigenvalue weighted by Gasteiger charge is -2.28. The lowest BCUT2D eigenvalue weighted by molar-refractivity contribution is -0.398. The summed E-state index contributed by atoms with van der Waals surface area (Å²) in [5, 5.41) is 22.8. The Bertz CT molecular complexity index is 814. The number of nitro benzene ring substituents is 1. The average Bonchev–Trinajstić information content (AvgIpc) is 2.68. The number of hydrogen-bond donors (Lipinski definition) is 0. The van der Waals surface area contributed by atoms with E-state index in [2.05, 4.69) is 9.89 Å². The summed E-state index contributed by atoms with van der Waals surface area (Å²) in [6.07, 6.45) is 1.47. The Morgan fingerprint density at radius 3 is 2.54 bits per heavy atom. The first-order chi connectivity index (χ1) is 12.6. The Hall–Kier alpha value is -3.13. The Labute approximate surface area is 150 Å². The van der Waals surface area contributed by atoms with E-state index < -0.39 is 16.4 Å². The molecule has 0 unspecified atom stereocenters. The van der Waals surface area contributed by atoms with Crippen molar-refractivity contribution in [1.29, 1.82) is 0 Å². The lowest BCUT2D eigenvalue weighted by Crippen LogP contribution is -2.36. The van der Waals surface area contributed by atoms with E-state index >= 15 is 0 Å². The molecule has 0 aromatic heterocycles. The molecular weight excluding hydrogens is 338 g/mol. The van der Waals surface area contributed by atoms with Crippen molar-refractivity contribution in [3.05, 3.63) is 52.1 Å². The van der Waals surface area contributed by atoms with Crippen molar-refractivity contribution in [2.24, 2.45) is 4.99 Å². The first kappa shape index (κ1) is 17.7. The highest BCUT2D eigenvalue weighted by Crippen LogP contribution is 2.34. The minimum Gasteiger partial charge on any atom is -0.865 e. The van der Waals surface area contributed by atoms with E-state index in [0.717, 1.165) is 32.0 Å². The van der Waals surface area contributed by atoms with Crippen LogP contribution in [0.4, 0.5) is 17.1 Å². The van der Waals surface area contributed by atoms with Gasteiger partial charge in [0.25, 0.3) is 5.69 Å². The Morgan fingerprint density at radius 1 is 1.23 bits per heavy atom. The van der Waals surface area contributed by atoms with Crippen LogP contribution in [0.1, 0.15) is 5.56 Å². The largest absolute Gasteiger partial charge is 0.865 e. The van der Waals surface area contributed by atoms with E-state index in [1.807, 2.05) is 24.3 Å². The summed E-state index contributed by atoms with van der Waals surface area (Å²) in [6, 6.07) is 10.3. The van der Waals surface area contributed by atoms with Crippen LogP contribution in [0.25, 0.3) is 0 Å². The van der Waals surface area contributed by atoms with Crippen LogP contribution in [-0.2, 0) is 4.74 Å². The highest BCUT2D eigenvalue weighted by atomic mass is 16.6. The van der Waals surface area contributed by atoms with Gasteiger partial charge in [-0.1, -0.05) is 0 Å². The number of nitro groups is 1. The van der Waals surface area contributed by atoms with E-state index in [1.165, 1.54) is 25.5 Å². The maximum atomic E-state index is 11.8. The van der Waals surface area contributed by atoms with Crippen molar-refractivity contribution < 1.29 is 19.5 Å². The highest BCUT2D eigenvalue weighted by Gasteiger charge is 2.13. The first-order valence-corrected chi connectivity index (χ1v) is 8.09. The number of nitrogens with zero attached hydrogens (tertiary/aromatic N) is 3. The molecule has 2 aromatic rings. The molecule has 0 N–H and O–H groups in total. The Kier molecular flexibility index (Phi) is 5.33. The summed E-state index contributed by atoms with van der Waals surface area (Å²) in [4.78, 5) is 16.8. The highest BCUT2D eigenvalue weighted by molar-refractivity contribution is 5.85. The van der Waals surface area contributed by atoms with Crippen molar-refractivity contribution in [3.63, 3.8) is 0 Å². The molecule has 0 bridgehead atoms. The van der Waals surface area contributed by atoms with E-state index in [0.29, 0.717) is 11.3 Å². The summed E-state index contributed by atoms with van der Waals surface area (Å²) in [5.41, 5.74) is 1.69. The van der Waals surface area contributed by atoms with Crippen molar-refractivity contribution >= 4 is 23.3 Å². The predicted octanol–water partition coefficient (Wildman–Crippen LogP) is 2.26. The van der Waals surface area contributed by atoms with Gasteiger partial charge in [-0.05, 0) is 30.3 Å². The normalized spacial score (nSPS) is 14.6. The summed E-state index contributed by atoms with van der Waals surface area (Å²) in [5.74, 6) is -0.826. The van der Waals surface area contributed by atoms with Gasteiger partial charge in [0.05, 0.1) is 30.9 Å². The molecule has 8 nitrogen and oxygen atoms in total. The summed E-state index contributed by atoms with van der Waals surface area (Å²) in [7, 11) is 1.30. The Balaban J connectivity index is 1.79. The molecule has 2 aromatic carbocycles. The topological polar surface area (TPSA) is 100 Å². The SMILES string of the molecule is COc1cc(C=Nc2ccc(N3CCOCC3)cc2)cc([N+](=O)[O-])c1[O-]. The van der Waals surface area contributed by atoms with Crippen molar-refractivity contribution in [3.8, 4) is 11.5 Å². The second-order valence-electron chi connectivity index (χ2n) is 5.70. The number of anilines is 1. The summed E-state index contributed by atoms with van der Waals surface area (Å²) >= 11 is 0. The van der Waals surface area contributed by atoms with Gasteiger partial charge in [-0.2, -0.15) is 0 Å². The minimum absolute atomic E-state index is 0.0803. The Morgan fingerprint density at radius 2 is 1.92 bits per heavy atom. The molecule has 0 atom stereocenters. The van der Waals surface area contributed by atoms with Crippen LogP contribution >= 0.6 is 0 Å². The number of aliphatic imine (C=N–C) groups is 1. The van der Waals surface area contributed by atoms with E-state index in [9.17, 15) is 15.2 Å². The second-order valence-corrected chi connectivity index (χ2v) is 5.70. The molecule has 1 fully saturated rings. The zero-order valence-electron chi connectivity index (χ0n) is 14.3. The number of ether oxygens (including phenoxy) is 2. The molecule has 0 spiro atoms. The molecule has 8 heteroatoms. The molecule has 0 aliphatic carbocycles. The van der Waals surface area contributed by atoms with Crippen LogP contribution in [0, 0.1) is 10.1 Å². The molecule has 3 rings (SSSR count). The molecule has 0 radical (unpaired) electrons. The molecular formula is C18H18N3O5-. The van der Waals surface area contributed by atoms with Crippen molar-refractivity contribution in [2.75, 3.05) is 38.3 Å². The fraction of sp³-hybridized carbons (Fsp3) is 0.278. The molecule has 1 aliphatic rings. The monoisotopic (exact) mass is 356 g/mol. The maximum Gasteiger partial charge on any atom is 0.266 e. The third-order valence-electron chi connectivity index (χ3n) is 4.06. The second kappa shape index (κ2) is 7.83. The average molecular weight is 356 g/mol. The fourth-order valence-corrected chi connectivity index (χ4v) is 2.69. The maximum absolute atomic E-state index is 11.8. The van der Waals surface area contributed by atoms with Crippen LogP contribution in [0.15, 0.2) is 41.4 Å². The third-order valence-corrected chi connectivity index (χ3v) is 4.06. The van der Waals surface area contributed by atoms with Gasteiger partial charge in [0.15, 0.2) is 0 Å². The first-order valence-electron chi connectivity index (χ1n) is 8.09. The van der Waals surface area contributed by atoms with Gasteiger partial charge in [-0.25, -0.2) is 0 Å². The van der Waals surface area contributed by atoms with Crippen LogP contribution in [0.3, 0.4) is 0 Å². The van der Waals surface area contributed by atoms with E-state index in [-0.39, 0.29) is 5.75 Å². The van der Waals surface area contributed by atoms with Crippen molar-refractivity contribution in [1.82, 2.24) is 0 Å². The van der Waals surface area contributed by atoms with Crippen LogP contribution < -0.4 is 14.7 Å². The van der Waals surface area contributed by atoms with Gasteiger partial charge in [0.1, 0.15) is 5.75 Å². The van der Waals surface area contributed by atoms with Gasteiger partial charge < -0.3 is 19.5 Å². The number of benzene rings is 2. The van der Waals surface area contributed by atoms with Crippen LogP contribution in [-0.4, -0.2) is 44.6 Å². The van der Waals surface area contributed by atoms with Gasteiger partial charge in [-0.3, -0.25) is 15.1 Å². The van der Waals surface area contributed by atoms with Gasteiger partial charge in [0.2, 0.25) is 0 Å². The van der Waals surface area contributed by atoms with E-state index in [4.69, 9.17) is 9.47 Å². The van der Waals surface area contributed by atoms with Gasteiger partial charge in [-0.15, -0.1) is 0 Å². The number of rotatable bonds is 5. The molecule has 0 amide bonds. The lowest BCUT2D eigenvalue weighted by atomic mass is 10.2. The van der Waals surface area contributed by atoms with E-state index in [1.54, 1.807) is 0 Å². The molecule has 136 valence electrons. The smallest absolute Gasteiger partial charge is 0.266 e. The number of morpholine rings is 1. The number of hydrogen-bond acceptors (Lipinski definition) is 7. The number of methoxy groups -OCH3 is 1. The molecule has 1 heterocycles. The molecule has 0 saturated carbocycles. The van der Waals surface area contributed by atoms with Gasteiger partial charge in [0, 0.05) is 42.4 Å². The predicted molar refractivity (Wildman–Crippen MR) is 95.8 cm³/mol. The zero-order valence-corrected chi connectivity index (χ0v) is 14.3. The zero-order chi connectivity index (χ0) is 18.5. The molecule has 1 aliphatic heterocycles. The fourth-order valence-electron chi connectivity index (χ4n) is 2.69. The van der Waals surface area contributed by atoms with Gasteiger partial charge >= 0.3 is 0 Å². The third kappa shape index (κ3) is 3.92.